The highest BCUT2D eigenvalue weighted by Crippen LogP contribution is 2.11. The average Bonchev–Trinajstić information content (AvgIpc) is 2.93. The maximum atomic E-state index is 11.0. The Morgan fingerprint density at radius 2 is 2.26 bits per heavy atom. The van der Waals surface area contributed by atoms with Crippen molar-refractivity contribution < 1.29 is 9.90 Å². The Labute approximate surface area is 112 Å². The van der Waals surface area contributed by atoms with Crippen LogP contribution in [0, 0.1) is 0 Å². The highest BCUT2D eigenvalue weighted by atomic mass is 16.4. The lowest BCUT2D eigenvalue weighted by atomic mass is 10.2. The standard InChI is InChI=1S/C13H20N4O2/c1-10(17-4-2-3-5-17)6-14-8-12-11(13(18)19)7-15-9-16-12/h7,9-10,14H,2-6,8H2,1H3,(H,18,19). The minimum absolute atomic E-state index is 0.170. The Hall–Kier alpha value is -1.53. The third-order valence-electron chi connectivity index (χ3n) is 3.52. The van der Waals surface area contributed by atoms with Gasteiger partial charge >= 0.3 is 5.97 Å². The lowest BCUT2D eigenvalue weighted by Gasteiger charge is -2.23. The molecule has 2 rings (SSSR count). The zero-order valence-corrected chi connectivity index (χ0v) is 11.2. The number of carboxylic acid groups (broad SMARTS) is 1. The summed E-state index contributed by atoms with van der Waals surface area (Å²) in [7, 11) is 0. The van der Waals surface area contributed by atoms with Crippen LogP contribution in [0.2, 0.25) is 0 Å². The van der Waals surface area contributed by atoms with E-state index in [9.17, 15) is 4.79 Å². The van der Waals surface area contributed by atoms with Crippen molar-refractivity contribution in [2.24, 2.45) is 0 Å². The molecule has 1 aromatic rings. The molecule has 0 aliphatic carbocycles. The SMILES string of the molecule is CC(CNCc1ncncc1C(=O)O)N1CCCC1. The highest BCUT2D eigenvalue weighted by Gasteiger charge is 2.18. The number of carboxylic acids is 1. The molecule has 0 radical (unpaired) electrons. The summed E-state index contributed by atoms with van der Waals surface area (Å²) in [4.78, 5) is 21.2. The van der Waals surface area contributed by atoms with Gasteiger partial charge in [0.15, 0.2) is 0 Å². The lowest BCUT2D eigenvalue weighted by Crippen LogP contribution is -2.38. The van der Waals surface area contributed by atoms with Gasteiger partial charge in [0.2, 0.25) is 0 Å². The van der Waals surface area contributed by atoms with Crippen molar-refractivity contribution in [3.05, 3.63) is 23.8 Å². The molecule has 0 spiro atoms. The number of rotatable bonds is 6. The molecule has 1 atom stereocenters. The van der Waals surface area contributed by atoms with Crippen molar-refractivity contribution in [2.75, 3.05) is 19.6 Å². The Bertz CT molecular complexity index is 432. The van der Waals surface area contributed by atoms with E-state index < -0.39 is 5.97 Å². The summed E-state index contributed by atoms with van der Waals surface area (Å²) in [6, 6.07) is 0.470. The van der Waals surface area contributed by atoms with Gasteiger partial charge in [0.25, 0.3) is 0 Å². The van der Waals surface area contributed by atoms with Crippen LogP contribution in [0.3, 0.4) is 0 Å². The number of nitrogens with zero attached hydrogens (tertiary/aromatic N) is 3. The first-order valence-corrected chi connectivity index (χ1v) is 6.65. The third kappa shape index (κ3) is 3.71. The smallest absolute Gasteiger partial charge is 0.339 e. The van der Waals surface area contributed by atoms with E-state index >= 15 is 0 Å². The number of carbonyl (C=O) groups is 1. The monoisotopic (exact) mass is 264 g/mol. The molecule has 19 heavy (non-hydrogen) atoms. The van der Waals surface area contributed by atoms with Crippen molar-refractivity contribution in [1.29, 1.82) is 0 Å². The number of nitrogens with one attached hydrogen (secondary N) is 1. The summed E-state index contributed by atoms with van der Waals surface area (Å²) in [5.74, 6) is -0.981. The van der Waals surface area contributed by atoms with Gasteiger partial charge in [0, 0.05) is 25.3 Å². The summed E-state index contributed by atoms with van der Waals surface area (Å²) in [6.45, 7) is 5.81. The Balaban J connectivity index is 1.83. The number of aromatic nitrogens is 2. The fourth-order valence-electron chi connectivity index (χ4n) is 2.39. The predicted molar refractivity (Wildman–Crippen MR) is 71.0 cm³/mol. The van der Waals surface area contributed by atoms with E-state index in [-0.39, 0.29) is 5.56 Å². The van der Waals surface area contributed by atoms with E-state index in [1.165, 1.54) is 25.4 Å². The van der Waals surface area contributed by atoms with Gasteiger partial charge in [-0.3, -0.25) is 4.90 Å². The molecule has 6 heteroatoms. The summed E-state index contributed by atoms with van der Waals surface area (Å²) in [6.07, 6.45) is 5.28. The van der Waals surface area contributed by atoms with Crippen molar-refractivity contribution in [2.45, 2.75) is 32.4 Å². The van der Waals surface area contributed by atoms with Crippen molar-refractivity contribution >= 4 is 5.97 Å². The van der Waals surface area contributed by atoms with Gasteiger partial charge in [-0.2, -0.15) is 0 Å². The van der Waals surface area contributed by atoms with E-state index in [0.717, 1.165) is 19.6 Å². The first kappa shape index (κ1) is 13.9. The third-order valence-corrected chi connectivity index (χ3v) is 3.52. The second kappa shape index (κ2) is 6.58. The van der Waals surface area contributed by atoms with Gasteiger partial charge in [-0.05, 0) is 32.9 Å². The number of aromatic carboxylic acids is 1. The molecule has 1 aliphatic rings. The van der Waals surface area contributed by atoms with Crippen LogP contribution >= 0.6 is 0 Å². The predicted octanol–water partition coefficient (Wildman–Crippen LogP) is 0.749. The molecular formula is C13H20N4O2. The number of hydrogen-bond donors (Lipinski definition) is 2. The molecule has 2 heterocycles. The lowest BCUT2D eigenvalue weighted by molar-refractivity contribution is 0.0694. The topological polar surface area (TPSA) is 78.3 Å². The summed E-state index contributed by atoms with van der Waals surface area (Å²) >= 11 is 0. The van der Waals surface area contributed by atoms with E-state index in [2.05, 4.69) is 27.1 Å². The van der Waals surface area contributed by atoms with Crippen LogP contribution in [0.15, 0.2) is 12.5 Å². The first-order chi connectivity index (χ1) is 9.18. The van der Waals surface area contributed by atoms with E-state index in [4.69, 9.17) is 5.11 Å². The fourth-order valence-corrected chi connectivity index (χ4v) is 2.39. The number of likely N-dealkylation sites (tertiary alicyclic amines) is 1. The zero-order chi connectivity index (χ0) is 13.7. The van der Waals surface area contributed by atoms with Gasteiger partial charge in [0.05, 0.1) is 5.69 Å². The van der Waals surface area contributed by atoms with Gasteiger partial charge in [-0.1, -0.05) is 0 Å². The maximum Gasteiger partial charge on any atom is 0.339 e. The molecule has 1 unspecified atom stereocenters. The second-order valence-electron chi connectivity index (χ2n) is 4.91. The second-order valence-corrected chi connectivity index (χ2v) is 4.91. The quantitative estimate of drug-likeness (QED) is 0.789. The van der Waals surface area contributed by atoms with Gasteiger partial charge in [0.1, 0.15) is 11.9 Å². The maximum absolute atomic E-state index is 11.0. The molecule has 1 aromatic heterocycles. The van der Waals surface area contributed by atoms with E-state index in [1.54, 1.807) is 0 Å². The average molecular weight is 264 g/mol. The van der Waals surface area contributed by atoms with Crippen LogP contribution < -0.4 is 5.32 Å². The van der Waals surface area contributed by atoms with Gasteiger partial charge in [-0.15, -0.1) is 0 Å². The summed E-state index contributed by atoms with van der Waals surface area (Å²) in [5.41, 5.74) is 0.708. The van der Waals surface area contributed by atoms with Crippen molar-refractivity contribution in [3.8, 4) is 0 Å². The highest BCUT2D eigenvalue weighted by molar-refractivity contribution is 5.88. The molecule has 0 amide bonds. The first-order valence-electron chi connectivity index (χ1n) is 6.65. The van der Waals surface area contributed by atoms with E-state index in [1.807, 2.05) is 0 Å². The normalized spacial score (nSPS) is 17.5. The van der Waals surface area contributed by atoms with Crippen LogP contribution in [-0.4, -0.2) is 51.6 Å². The minimum Gasteiger partial charge on any atom is -0.478 e. The molecule has 1 saturated heterocycles. The Morgan fingerprint density at radius 1 is 1.53 bits per heavy atom. The molecule has 1 fully saturated rings. The summed E-state index contributed by atoms with van der Waals surface area (Å²) in [5, 5.41) is 12.3. The molecule has 2 N–H and O–H groups in total. The molecule has 104 valence electrons. The van der Waals surface area contributed by atoms with Crippen molar-refractivity contribution in [1.82, 2.24) is 20.2 Å². The van der Waals surface area contributed by atoms with Crippen molar-refractivity contribution in [3.63, 3.8) is 0 Å². The van der Waals surface area contributed by atoms with E-state index in [0.29, 0.717) is 18.3 Å². The molecule has 6 nitrogen and oxygen atoms in total. The summed E-state index contributed by atoms with van der Waals surface area (Å²) < 4.78 is 0. The molecule has 0 bridgehead atoms. The zero-order valence-electron chi connectivity index (χ0n) is 11.2. The van der Waals surface area contributed by atoms with Gasteiger partial charge < -0.3 is 10.4 Å². The van der Waals surface area contributed by atoms with Gasteiger partial charge in [-0.25, -0.2) is 14.8 Å². The molecular weight excluding hydrogens is 244 g/mol. The molecule has 0 aromatic carbocycles. The minimum atomic E-state index is -0.981. The molecule has 0 saturated carbocycles. The largest absolute Gasteiger partial charge is 0.478 e. The van der Waals surface area contributed by atoms with Crippen LogP contribution in [0.4, 0.5) is 0 Å². The number of hydrogen-bond acceptors (Lipinski definition) is 5. The van der Waals surface area contributed by atoms with Crippen LogP contribution in [0.1, 0.15) is 35.8 Å². The van der Waals surface area contributed by atoms with Crippen LogP contribution in [0.25, 0.3) is 0 Å². The Morgan fingerprint density at radius 3 is 2.95 bits per heavy atom. The Kier molecular flexibility index (Phi) is 4.81. The fraction of sp³-hybridized carbons (Fsp3) is 0.615. The van der Waals surface area contributed by atoms with Crippen LogP contribution in [-0.2, 0) is 6.54 Å². The van der Waals surface area contributed by atoms with Crippen LogP contribution in [0.5, 0.6) is 0 Å². The molecule has 1 aliphatic heterocycles.